The van der Waals surface area contributed by atoms with Gasteiger partial charge in [0.2, 0.25) is 0 Å². The highest BCUT2D eigenvalue weighted by Gasteiger charge is 2.21. The van der Waals surface area contributed by atoms with E-state index in [-0.39, 0.29) is 6.09 Å². The predicted octanol–water partition coefficient (Wildman–Crippen LogP) is 3.02. The third-order valence-corrected chi connectivity index (χ3v) is 3.60. The van der Waals surface area contributed by atoms with Gasteiger partial charge in [0, 0.05) is 12.6 Å². The molecule has 0 aromatic carbocycles. The van der Waals surface area contributed by atoms with Gasteiger partial charge in [-0.2, -0.15) is 0 Å². The Balaban J connectivity index is 2.13. The smallest absolute Gasteiger partial charge is 0.407 e. The fourth-order valence-corrected chi connectivity index (χ4v) is 2.45. The average Bonchev–Trinajstić information content (AvgIpc) is 2.27. The van der Waals surface area contributed by atoms with Crippen molar-refractivity contribution >= 4 is 6.09 Å². The Hall–Kier alpha value is -0.770. The van der Waals surface area contributed by atoms with Crippen molar-refractivity contribution in [3.8, 4) is 0 Å². The van der Waals surface area contributed by atoms with Gasteiger partial charge >= 0.3 is 6.09 Å². The van der Waals surface area contributed by atoms with E-state index in [1.807, 2.05) is 20.8 Å². The summed E-state index contributed by atoms with van der Waals surface area (Å²) in [6.45, 7) is 13.3. The van der Waals surface area contributed by atoms with Crippen molar-refractivity contribution in [3.63, 3.8) is 0 Å². The molecule has 1 aliphatic heterocycles. The third kappa shape index (κ3) is 6.81. The minimum Gasteiger partial charge on any atom is -0.444 e. The van der Waals surface area contributed by atoms with Crippen LogP contribution in [0.3, 0.4) is 0 Å². The number of rotatable bonds is 4. The molecule has 0 bridgehead atoms. The highest BCUT2D eigenvalue weighted by molar-refractivity contribution is 5.67. The first-order valence-corrected chi connectivity index (χ1v) is 7.49. The largest absolute Gasteiger partial charge is 0.444 e. The zero-order valence-electron chi connectivity index (χ0n) is 13.2. The summed E-state index contributed by atoms with van der Waals surface area (Å²) in [6, 6.07) is 0.654. The molecular formula is C15H30N2O2. The van der Waals surface area contributed by atoms with Gasteiger partial charge in [0.15, 0.2) is 0 Å². The second kappa shape index (κ2) is 7.13. The standard InChI is InChI=1S/C15H30N2O2/c1-12(2)17-10-7-13(8-11-17)6-9-16-14(18)19-15(3,4)5/h12-13H,6-11H2,1-5H3,(H,16,18). The first kappa shape index (κ1) is 16.3. The maximum atomic E-state index is 11.5. The van der Waals surface area contributed by atoms with E-state index in [4.69, 9.17) is 4.74 Å². The molecule has 0 aromatic heterocycles. The molecule has 0 unspecified atom stereocenters. The van der Waals surface area contributed by atoms with Crippen molar-refractivity contribution < 1.29 is 9.53 Å². The van der Waals surface area contributed by atoms with Crippen LogP contribution in [-0.4, -0.2) is 42.3 Å². The van der Waals surface area contributed by atoms with Crippen molar-refractivity contribution in [1.82, 2.24) is 10.2 Å². The molecule has 0 aromatic rings. The molecule has 0 atom stereocenters. The molecule has 0 aliphatic carbocycles. The Labute approximate surface area is 117 Å². The summed E-state index contributed by atoms with van der Waals surface area (Å²) in [6.07, 6.45) is 3.25. The van der Waals surface area contributed by atoms with Crippen molar-refractivity contribution in [1.29, 1.82) is 0 Å². The van der Waals surface area contributed by atoms with Gasteiger partial charge in [-0.1, -0.05) is 0 Å². The number of carbonyl (C=O) groups excluding carboxylic acids is 1. The van der Waals surface area contributed by atoms with Crippen molar-refractivity contribution in [2.24, 2.45) is 5.92 Å². The Morgan fingerprint density at radius 1 is 1.32 bits per heavy atom. The molecule has 4 nitrogen and oxygen atoms in total. The first-order valence-electron chi connectivity index (χ1n) is 7.49. The summed E-state index contributed by atoms with van der Waals surface area (Å²) in [5.41, 5.74) is -0.410. The van der Waals surface area contributed by atoms with E-state index in [1.54, 1.807) is 0 Å². The van der Waals surface area contributed by atoms with Gasteiger partial charge in [-0.15, -0.1) is 0 Å². The minimum absolute atomic E-state index is 0.299. The number of hydrogen-bond acceptors (Lipinski definition) is 3. The van der Waals surface area contributed by atoms with E-state index in [0.29, 0.717) is 6.04 Å². The molecule has 1 N–H and O–H groups in total. The van der Waals surface area contributed by atoms with Crippen LogP contribution in [0.15, 0.2) is 0 Å². The molecule has 1 aliphatic rings. The van der Waals surface area contributed by atoms with E-state index >= 15 is 0 Å². The number of hydrogen-bond donors (Lipinski definition) is 1. The predicted molar refractivity (Wildman–Crippen MR) is 78.3 cm³/mol. The van der Waals surface area contributed by atoms with Crippen LogP contribution in [0.2, 0.25) is 0 Å². The van der Waals surface area contributed by atoms with E-state index < -0.39 is 5.60 Å². The fraction of sp³-hybridized carbons (Fsp3) is 0.933. The summed E-state index contributed by atoms with van der Waals surface area (Å²) in [5, 5.41) is 2.85. The SMILES string of the molecule is CC(C)N1CCC(CCNC(=O)OC(C)(C)C)CC1. The highest BCUT2D eigenvalue weighted by atomic mass is 16.6. The number of piperidine rings is 1. The molecule has 4 heteroatoms. The van der Waals surface area contributed by atoms with Crippen molar-refractivity contribution in [3.05, 3.63) is 0 Å². The molecule has 19 heavy (non-hydrogen) atoms. The molecule has 1 heterocycles. The lowest BCUT2D eigenvalue weighted by molar-refractivity contribution is 0.0522. The van der Waals surface area contributed by atoms with Crippen LogP contribution in [0.5, 0.6) is 0 Å². The quantitative estimate of drug-likeness (QED) is 0.854. The lowest BCUT2D eigenvalue weighted by Gasteiger charge is -2.34. The molecule has 0 radical (unpaired) electrons. The van der Waals surface area contributed by atoms with Gasteiger partial charge < -0.3 is 15.0 Å². The molecular weight excluding hydrogens is 240 g/mol. The third-order valence-electron chi connectivity index (χ3n) is 3.60. The van der Waals surface area contributed by atoms with Gasteiger partial charge in [0.1, 0.15) is 5.60 Å². The zero-order valence-corrected chi connectivity index (χ0v) is 13.2. The number of nitrogens with zero attached hydrogens (tertiary/aromatic N) is 1. The highest BCUT2D eigenvalue weighted by Crippen LogP contribution is 2.21. The number of likely N-dealkylation sites (tertiary alicyclic amines) is 1. The number of nitrogens with one attached hydrogen (secondary N) is 1. The zero-order chi connectivity index (χ0) is 14.5. The monoisotopic (exact) mass is 270 g/mol. The summed E-state index contributed by atoms with van der Waals surface area (Å²) < 4.78 is 5.22. The Kier molecular flexibility index (Phi) is 6.11. The number of amides is 1. The maximum Gasteiger partial charge on any atom is 0.407 e. The van der Waals surface area contributed by atoms with Gasteiger partial charge in [-0.05, 0) is 72.9 Å². The number of alkyl carbamates (subject to hydrolysis) is 1. The van der Waals surface area contributed by atoms with Crippen LogP contribution in [0, 0.1) is 5.92 Å². The van der Waals surface area contributed by atoms with E-state index in [1.165, 1.54) is 25.9 Å². The number of ether oxygens (including phenoxy) is 1. The molecule has 1 rings (SSSR count). The van der Waals surface area contributed by atoms with Gasteiger partial charge in [0.05, 0.1) is 0 Å². The summed E-state index contributed by atoms with van der Waals surface area (Å²) >= 11 is 0. The lowest BCUT2D eigenvalue weighted by Crippen LogP contribution is -2.39. The van der Waals surface area contributed by atoms with Crippen LogP contribution in [0.25, 0.3) is 0 Å². The molecule has 1 saturated heterocycles. The normalized spacial score (nSPS) is 18.6. The summed E-state index contributed by atoms with van der Waals surface area (Å²) in [7, 11) is 0. The minimum atomic E-state index is -0.410. The second-order valence-electron chi connectivity index (χ2n) is 6.79. The Bertz CT molecular complexity index is 276. The molecule has 0 saturated carbocycles. The molecule has 1 amide bonds. The van der Waals surface area contributed by atoms with Gasteiger partial charge in [-0.3, -0.25) is 0 Å². The van der Waals surface area contributed by atoms with Crippen LogP contribution >= 0.6 is 0 Å². The summed E-state index contributed by atoms with van der Waals surface area (Å²) in [4.78, 5) is 14.0. The Morgan fingerprint density at radius 3 is 2.37 bits per heavy atom. The molecule has 0 spiro atoms. The fourth-order valence-electron chi connectivity index (χ4n) is 2.45. The van der Waals surface area contributed by atoms with E-state index in [2.05, 4.69) is 24.1 Å². The Morgan fingerprint density at radius 2 is 1.89 bits per heavy atom. The topological polar surface area (TPSA) is 41.6 Å². The maximum absolute atomic E-state index is 11.5. The van der Waals surface area contributed by atoms with Crippen molar-refractivity contribution in [2.45, 2.75) is 65.5 Å². The van der Waals surface area contributed by atoms with Crippen LogP contribution < -0.4 is 5.32 Å². The molecule has 1 fully saturated rings. The van der Waals surface area contributed by atoms with E-state index in [9.17, 15) is 4.79 Å². The van der Waals surface area contributed by atoms with Gasteiger partial charge in [0.25, 0.3) is 0 Å². The van der Waals surface area contributed by atoms with E-state index in [0.717, 1.165) is 18.9 Å². The van der Waals surface area contributed by atoms with Crippen LogP contribution in [0.4, 0.5) is 4.79 Å². The lowest BCUT2D eigenvalue weighted by atomic mass is 9.93. The van der Waals surface area contributed by atoms with Crippen LogP contribution in [0.1, 0.15) is 53.9 Å². The molecule has 112 valence electrons. The van der Waals surface area contributed by atoms with Gasteiger partial charge in [-0.25, -0.2) is 4.79 Å². The first-order chi connectivity index (χ1) is 8.78. The number of carbonyl (C=O) groups is 1. The summed E-state index contributed by atoms with van der Waals surface area (Å²) in [5.74, 6) is 0.741. The average molecular weight is 270 g/mol. The second-order valence-corrected chi connectivity index (χ2v) is 6.79. The van der Waals surface area contributed by atoms with Crippen molar-refractivity contribution in [2.75, 3.05) is 19.6 Å². The van der Waals surface area contributed by atoms with Crippen LogP contribution in [-0.2, 0) is 4.74 Å².